The maximum Gasteiger partial charge on any atom is 0.319 e. The van der Waals surface area contributed by atoms with Crippen molar-refractivity contribution < 1.29 is 28.1 Å². The maximum atomic E-state index is 17.5. The number of piperidine rings is 1. The summed E-state index contributed by atoms with van der Waals surface area (Å²) >= 11 is 0. The van der Waals surface area contributed by atoms with Crippen LogP contribution in [0.25, 0.3) is 32.9 Å². The molecule has 0 amide bonds. The van der Waals surface area contributed by atoms with Gasteiger partial charge in [0.05, 0.1) is 22.7 Å². The van der Waals surface area contributed by atoms with Crippen LogP contribution in [0.2, 0.25) is 16.6 Å². The fraction of sp³-hybridized carbons (Fsp3) is 0.548. The number of β-amino-alcohol motifs (C(OH)–C–C–N with tert-alkyl or cyclic N) is 1. The first-order chi connectivity index (χ1) is 25.8. The molecule has 0 radical (unpaired) electrons. The lowest BCUT2D eigenvalue weighted by atomic mass is 9.95. The Bertz CT molecular complexity index is 2040. The van der Waals surface area contributed by atoms with Crippen LogP contribution in [0.4, 0.5) is 14.6 Å². The van der Waals surface area contributed by atoms with Crippen LogP contribution in [0.1, 0.15) is 78.5 Å². The average Bonchev–Trinajstić information content (AvgIpc) is 3.55. The van der Waals surface area contributed by atoms with E-state index < -0.39 is 25.8 Å². The second-order valence-corrected chi connectivity index (χ2v) is 21.5. The Morgan fingerprint density at radius 1 is 0.944 bits per heavy atom. The number of fused-ring (bicyclic) bond motifs is 2. The fourth-order valence-electron chi connectivity index (χ4n) is 8.82. The minimum Gasteiger partial charge on any atom is -0.468 e. The molecule has 54 heavy (non-hydrogen) atoms. The molecule has 0 aliphatic carbocycles. The number of hydrogen-bond acceptors (Lipinski definition) is 9. The van der Waals surface area contributed by atoms with E-state index in [9.17, 15) is 5.11 Å². The van der Waals surface area contributed by atoms with Gasteiger partial charge in [-0.25, -0.2) is 13.8 Å². The first-order valence-corrected chi connectivity index (χ1v) is 21.5. The molecule has 2 aromatic heterocycles. The Hall–Kier alpha value is -3.89. The largest absolute Gasteiger partial charge is 0.468 e. The third-order valence-electron chi connectivity index (χ3n) is 11.6. The molecule has 2 saturated heterocycles. The summed E-state index contributed by atoms with van der Waals surface area (Å²) < 4.78 is 51.0. The Labute approximate surface area is 319 Å². The Morgan fingerprint density at radius 3 is 2.31 bits per heavy atom. The number of likely N-dealkylation sites (tertiary alicyclic amines) is 1. The van der Waals surface area contributed by atoms with Crippen LogP contribution < -0.4 is 14.4 Å². The molecule has 2 atom stereocenters. The van der Waals surface area contributed by atoms with Crippen molar-refractivity contribution in [2.45, 2.75) is 103 Å². The first kappa shape index (κ1) is 39.8. The van der Waals surface area contributed by atoms with Gasteiger partial charge in [-0.2, -0.15) is 9.97 Å². The number of rotatable bonds is 11. The van der Waals surface area contributed by atoms with E-state index in [1.165, 1.54) is 13.2 Å². The number of hydrogen-bond donors (Lipinski definition) is 1. The normalized spacial score (nSPS) is 18.3. The second-order valence-electron chi connectivity index (χ2n) is 15.9. The van der Waals surface area contributed by atoms with Crippen molar-refractivity contribution in [3.05, 3.63) is 47.2 Å². The van der Waals surface area contributed by atoms with E-state index >= 15 is 8.78 Å². The van der Waals surface area contributed by atoms with Crippen LogP contribution in [0.5, 0.6) is 11.8 Å². The highest BCUT2D eigenvalue weighted by molar-refractivity contribution is 6.90. The van der Waals surface area contributed by atoms with E-state index in [1.807, 2.05) is 4.90 Å². The lowest BCUT2D eigenvalue weighted by Crippen LogP contribution is -2.43. The van der Waals surface area contributed by atoms with Crippen LogP contribution in [0, 0.1) is 30.0 Å². The summed E-state index contributed by atoms with van der Waals surface area (Å²) in [5.41, 5.74) is 5.74. The van der Waals surface area contributed by atoms with Gasteiger partial charge in [-0.3, -0.25) is 0 Å². The SMILES string of the molecule is COCOc1cc(-c2nc(C)c3c(N4CCC[C@@H](O)C4)nc(OC[C@@H]4CCCN4C)nc3c2F)c2c(C#C[Si](C(C)C)(C(C)C)C(C)C)c(F)ccc2c1. The Kier molecular flexibility index (Phi) is 12.1. The number of aliphatic hydroxyl groups is 1. The van der Waals surface area contributed by atoms with Crippen molar-refractivity contribution in [3.8, 4) is 34.5 Å². The summed E-state index contributed by atoms with van der Waals surface area (Å²) in [6, 6.07) is 6.80. The van der Waals surface area contributed by atoms with Crippen molar-refractivity contribution >= 4 is 35.6 Å². The number of likely N-dealkylation sites (N-methyl/N-ethyl adjacent to an activating group) is 1. The van der Waals surface area contributed by atoms with Gasteiger partial charge in [-0.05, 0) is 86.4 Å². The number of pyridine rings is 1. The smallest absolute Gasteiger partial charge is 0.319 e. The van der Waals surface area contributed by atoms with Crippen LogP contribution in [-0.2, 0) is 4.74 Å². The van der Waals surface area contributed by atoms with Gasteiger partial charge in [-0.15, -0.1) is 5.54 Å². The average molecular weight is 760 g/mol. The predicted molar refractivity (Wildman–Crippen MR) is 214 cm³/mol. The molecule has 9 nitrogen and oxygen atoms in total. The summed E-state index contributed by atoms with van der Waals surface area (Å²) in [7, 11) is 1.32. The topological polar surface area (TPSA) is 93.1 Å². The van der Waals surface area contributed by atoms with Crippen molar-refractivity contribution in [3.63, 3.8) is 0 Å². The van der Waals surface area contributed by atoms with Gasteiger partial charge in [0, 0.05) is 37.2 Å². The van der Waals surface area contributed by atoms with Crippen LogP contribution in [0.15, 0.2) is 24.3 Å². The number of methoxy groups -OCH3 is 1. The number of ether oxygens (including phenoxy) is 3. The van der Waals surface area contributed by atoms with E-state index in [2.05, 4.69) is 65.0 Å². The lowest BCUT2D eigenvalue weighted by Gasteiger charge is -2.38. The molecule has 0 saturated carbocycles. The maximum absolute atomic E-state index is 17.5. The van der Waals surface area contributed by atoms with Gasteiger partial charge in [-0.1, -0.05) is 53.5 Å². The highest BCUT2D eigenvalue weighted by Crippen LogP contribution is 2.43. The van der Waals surface area contributed by atoms with Crippen LogP contribution in [0.3, 0.4) is 0 Å². The van der Waals surface area contributed by atoms with E-state index in [-0.39, 0.29) is 35.6 Å². The zero-order valence-corrected chi connectivity index (χ0v) is 34.2. The molecular weight excluding hydrogens is 705 g/mol. The van der Waals surface area contributed by atoms with Crippen molar-refractivity contribution in [1.29, 1.82) is 0 Å². The number of anilines is 1. The van der Waals surface area contributed by atoms with E-state index in [0.717, 1.165) is 25.8 Å². The quantitative estimate of drug-likeness (QED) is 0.0920. The van der Waals surface area contributed by atoms with Gasteiger partial charge in [0.25, 0.3) is 0 Å². The van der Waals surface area contributed by atoms with Gasteiger partial charge in [0.2, 0.25) is 0 Å². The van der Waals surface area contributed by atoms with Crippen molar-refractivity contribution in [1.82, 2.24) is 19.9 Å². The monoisotopic (exact) mass is 759 g/mol. The number of halogens is 2. The standard InChI is InChI=1S/C42H55F2N5O4Si/c1-25(2)54(26(3)4,27(5)6)19-16-33-35(43)15-14-29-20-32(53-24-51-9)21-34(37(29)33)39-38(44)40-36(28(7)45-39)41(49-18-11-13-31(50)22-49)47-42(46-40)52-23-30-12-10-17-48(30)8/h14-15,20-21,25-27,30-31,50H,10-13,17-18,22-24H2,1-9H3/t30-,31+/m0/s1. The molecule has 0 unspecified atom stereocenters. The molecule has 6 rings (SSSR count). The highest BCUT2D eigenvalue weighted by atomic mass is 28.3. The summed E-state index contributed by atoms with van der Waals surface area (Å²) in [5.74, 6) is 3.05. The molecule has 0 spiro atoms. The number of aromatic nitrogens is 3. The molecule has 1 N–H and O–H groups in total. The molecule has 2 fully saturated rings. The third kappa shape index (κ3) is 7.65. The zero-order chi connectivity index (χ0) is 38.9. The molecule has 2 aliphatic rings. The molecule has 4 heterocycles. The predicted octanol–water partition coefficient (Wildman–Crippen LogP) is 8.42. The summed E-state index contributed by atoms with van der Waals surface area (Å²) in [6.07, 6.45) is 2.96. The third-order valence-corrected chi connectivity index (χ3v) is 17.9. The number of benzene rings is 2. The second kappa shape index (κ2) is 16.5. The molecule has 12 heteroatoms. The van der Waals surface area contributed by atoms with Gasteiger partial charge < -0.3 is 29.1 Å². The number of nitrogens with zero attached hydrogens (tertiary/aromatic N) is 5. The minimum atomic E-state index is -2.27. The van der Waals surface area contributed by atoms with Gasteiger partial charge in [0.15, 0.2) is 12.6 Å². The van der Waals surface area contributed by atoms with Crippen molar-refractivity contribution in [2.24, 2.45) is 0 Å². The molecular formula is C42H55F2N5O4Si. The Balaban J connectivity index is 1.62. The molecule has 4 aromatic rings. The molecule has 2 aliphatic heterocycles. The summed E-state index contributed by atoms with van der Waals surface area (Å²) in [5, 5.41) is 12.1. The lowest BCUT2D eigenvalue weighted by molar-refractivity contribution is 0.0512. The zero-order valence-electron chi connectivity index (χ0n) is 33.2. The highest BCUT2D eigenvalue weighted by Gasteiger charge is 2.42. The van der Waals surface area contributed by atoms with Gasteiger partial charge >= 0.3 is 6.01 Å². The molecule has 0 bridgehead atoms. The summed E-state index contributed by atoms with van der Waals surface area (Å²) in [4.78, 5) is 18.6. The first-order valence-electron chi connectivity index (χ1n) is 19.3. The van der Waals surface area contributed by atoms with Gasteiger partial charge in [0.1, 0.15) is 43.3 Å². The van der Waals surface area contributed by atoms with E-state index in [1.54, 1.807) is 25.1 Å². The fourth-order valence-corrected chi connectivity index (χ4v) is 14.0. The van der Waals surface area contributed by atoms with E-state index in [0.29, 0.717) is 81.7 Å². The van der Waals surface area contributed by atoms with Crippen LogP contribution >= 0.6 is 0 Å². The van der Waals surface area contributed by atoms with Crippen molar-refractivity contribution in [2.75, 3.05) is 52.1 Å². The molecule has 290 valence electrons. The number of aliphatic hydroxyl groups excluding tert-OH is 1. The summed E-state index contributed by atoms with van der Waals surface area (Å²) in [6.45, 7) is 17.4. The number of aryl methyl sites for hydroxylation is 1. The Morgan fingerprint density at radius 2 is 1.67 bits per heavy atom. The molecule has 2 aromatic carbocycles. The van der Waals surface area contributed by atoms with E-state index in [4.69, 9.17) is 29.2 Å². The van der Waals surface area contributed by atoms with Crippen LogP contribution in [-0.4, -0.2) is 92.4 Å². The minimum absolute atomic E-state index is 0.00795.